The molecule has 2 nitrogen and oxygen atoms in total. The second-order valence-electron chi connectivity index (χ2n) is 2.30. The number of hydrogen-bond acceptors (Lipinski definition) is 1. The highest BCUT2D eigenvalue weighted by Gasteiger charge is 2.20. The molecule has 1 heterocycles. The minimum absolute atomic E-state index is 0.876. The summed E-state index contributed by atoms with van der Waals surface area (Å²) in [7, 11) is -3.97. The minimum Gasteiger partial charge on any atom is -0.421 e. The maximum atomic E-state index is 9.75. The quantitative estimate of drug-likeness (QED) is 0.320. The van der Waals surface area contributed by atoms with E-state index in [1.54, 1.807) is 0 Å². The Morgan fingerprint density at radius 3 is 1.58 bits per heavy atom. The third kappa shape index (κ3) is 12.4. The summed E-state index contributed by atoms with van der Waals surface area (Å²) in [5.74, 6) is 0. The highest BCUT2D eigenvalue weighted by atomic mass is 19.5. The number of rotatable bonds is 0. The SMILES string of the molecule is C[O+]1CCOCC1.F[B-](F)(F)F. The molecule has 0 atom stereocenters. The number of halogens is 4. The summed E-state index contributed by atoms with van der Waals surface area (Å²) in [5.41, 5.74) is 0. The predicted molar refractivity (Wildman–Crippen MR) is 37.7 cm³/mol. The number of hydrogen-bond donors (Lipinski definition) is 0. The van der Waals surface area contributed by atoms with E-state index in [1.807, 2.05) is 7.11 Å². The first-order valence-corrected chi connectivity index (χ1v) is 3.44. The first-order chi connectivity index (χ1) is 5.39. The van der Waals surface area contributed by atoms with Crippen LogP contribution in [-0.4, -0.2) is 40.8 Å². The molecule has 74 valence electrons. The van der Waals surface area contributed by atoms with Crippen molar-refractivity contribution in [3.63, 3.8) is 0 Å². The molecular weight excluding hydrogens is 179 g/mol. The molecule has 0 aliphatic carbocycles. The average molecular weight is 190 g/mol. The van der Waals surface area contributed by atoms with Crippen molar-refractivity contribution in [1.29, 1.82) is 0 Å². The van der Waals surface area contributed by atoms with Crippen LogP contribution in [0.25, 0.3) is 0 Å². The van der Waals surface area contributed by atoms with Gasteiger partial charge in [-0.25, -0.2) is 0 Å². The Hall–Kier alpha value is -0.295. The van der Waals surface area contributed by atoms with Crippen molar-refractivity contribution in [2.24, 2.45) is 0 Å². The monoisotopic (exact) mass is 190 g/mol. The minimum atomic E-state index is -6.00. The standard InChI is InChI=1S/C5H11O2.BF4/c1-7-4-2-6-3-5-7;2-1(3,4)5/h2-5H2,1H3;/q+1;-1. The Labute approximate surface area is 68.3 Å². The summed E-state index contributed by atoms with van der Waals surface area (Å²) in [6.07, 6.45) is 0. The topological polar surface area (TPSA) is 11.9 Å². The van der Waals surface area contributed by atoms with Crippen molar-refractivity contribution in [2.45, 2.75) is 0 Å². The van der Waals surface area contributed by atoms with Crippen molar-refractivity contribution in [1.82, 2.24) is 0 Å². The van der Waals surface area contributed by atoms with E-state index in [0.29, 0.717) is 0 Å². The highest BCUT2D eigenvalue weighted by Crippen LogP contribution is 2.06. The van der Waals surface area contributed by atoms with Gasteiger partial charge in [0.25, 0.3) is 0 Å². The van der Waals surface area contributed by atoms with E-state index in [9.17, 15) is 17.3 Å². The first-order valence-electron chi connectivity index (χ1n) is 3.44. The van der Waals surface area contributed by atoms with Crippen LogP contribution >= 0.6 is 0 Å². The molecule has 0 radical (unpaired) electrons. The molecule has 0 spiro atoms. The van der Waals surface area contributed by atoms with Gasteiger partial charge in [-0.15, -0.1) is 0 Å². The van der Waals surface area contributed by atoms with E-state index in [2.05, 4.69) is 4.37 Å². The van der Waals surface area contributed by atoms with Crippen LogP contribution in [0.5, 0.6) is 0 Å². The molecule has 0 saturated carbocycles. The molecule has 0 amide bonds. The highest BCUT2D eigenvalue weighted by molar-refractivity contribution is 6.50. The third-order valence-corrected chi connectivity index (χ3v) is 1.15. The molecule has 1 saturated heterocycles. The number of ether oxygens (including phenoxy) is 1. The van der Waals surface area contributed by atoms with Gasteiger partial charge in [-0.2, -0.15) is 0 Å². The molecule has 12 heavy (non-hydrogen) atoms. The summed E-state index contributed by atoms with van der Waals surface area (Å²) >= 11 is 0. The summed E-state index contributed by atoms with van der Waals surface area (Å²) in [6.45, 7) is 3.78. The molecular formula is C5H11BF4O2. The van der Waals surface area contributed by atoms with Gasteiger partial charge in [-0.1, -0.05) is 0 Å². The van der Waals surface area contributed by atoms with Gasteiger partial charge in [0.2, 0.25) is 0 Å². The van der Waals surface area contributed by atoms with E-state index < -0.39 is 7.25 Å². The van der Waals surface area contributed by atoms with Crippen molar-refractivity contribution in [3.05, 3.63) is 0 Å². The van der Waals surface area contributed by atoms with E-state index >= 15 is 0 Å². The van der Waals surface area contributed by atoms with E-state index in [1.165, 1.54) is 0 Å². The zero-order valence-electron chi connectivity index (χ0n) is 6.73. The predicted octanol–water partition coefficient (Wildman–Crippen LogP) is 1.50. The zero-order chi connectivity index (χ0) is 9.61. The summed E-state index contributed by atoms with van der Waals surface area (Å²) in [5, 5.41) is 0. The smallest absolute Gasteiger partial charge is 0.421 e. The fraction of sp³-hybridized carbons (Fsp3) is 1.00. The lowest BCUT2D eigenvalue weighted by atomic mass is 10.3. The third-order valence-electron chi connectivity index (χ3n) is 1.15. The van der Waals surface area contributed by atoms with Crippen LogP contribution in [0.4, 0.5) is 17.3 Å². The second-order valence-corrected chi connectivity index (χ2v) is 2.30. The maximum absolute atomic E-state index is 9.75. The summed E-state index contributed by atoms with van der Waals surface area (Å²) in [4.78, 5) is 0. The van der Waals surface area contributed by atoms with Crippen molar-refractivity contribution in [3.8, 4) is 0 Å². The van der Waals surface area contributed by atoms with Crippen molar-refractivity contribution < 1.29 is 26.4 Å². The van der Waals surface area contributed by atoms with Crippen molar-refractivity contribution >= 4 is 7.25 Å². The zero-order valence-corrected chi connectivity index (χ0v) is 6.73. The molecule has 1 aliphatic rings. The fourth-order valence-corrected chi connectivity index (χ4v) is 0.606. The average Bonchev–Trinajstić information content (AvgIpc) is 1.85. The lowest BCUT2D eigenvalue weighted by Gasteiger charge is -2.18. The Bertz CT molecular complexity index is 107. The van der Waals surface area contributed by atoms with Crippen LogP contribution in [0.2, 0.25) is 0 Å². The molecule has 0 aromatic carbocycles. The van der Waals surface area contributed by atoms with Gasteiger partial charge >= 0.3 is 7.25 Å². The maximum Gasteiger partial charge on any atom is 0.673 e. The normalized spacial score (nSPS) is 19.8. The summed E-state index contributed by atoms with van der Waals surface area (Å²) < 4.78 is 47.0. The van der Waals surface area contributed by atoms with Gasteiger partial charge in [0.1, 0.15) is 20.3 Å². The Balaban J connectivity index is 0.000000217. The Morgan fingerprint density at radius 1 is 1.08 bits per heavy atom. The van der Waals surface area contributed by atoms with E-state index in [4.69, 9.17) is 4.74 Å². The second kappa shape index (κ2) is 5.37. The van der Waals surface area contributed by atoms with Gasteiger partial charge in [0, 0.05) is 0 Å². The summed E-state index contributed by atoms with van der Waals surface area (Å²) in [6, 6.07) is 0. The fourth-order valence-electron chi connectivity index (χ4n) is 0.606. The van der Waals surface area contributed by atoms with Crippen LogP contribution in [0.15, 0.2) is 0 Å². The van der Waals surface area contributed by atoms with Gasteiger partial charge in [0.15, 0.2) is 13.2 Å². The molecule has 7 heteroatoms. The largest absolute Gasteiger partial charge is 0.673 e. The Kier molecular flexibility index (Phi) is 5.24. The van der Waals surface area contributed by atoms with Crippen LogP contribution in [0.3, 0.4) is 0 Å². The molecule has 1 aliphatic heterocycles. The lowest BCUT2D eigenvalue weighted by Crippen LogP contribution is -2.26. The van der Waals surface area contributed by atoms with Crippen LogP contribution in [-0.2, 0) is 9.10 Å². The van der Waals surface area contributed by atoms with Gasteiger partial charge in [-0.3, -0.25) is 0 Å². The Morgan fingerprint density at radius 2 is 1.42 bits per heavy atom. The molecule has 0 unspecified atom stereocenters. The van der Waals surface area contributed by atoms with E-state index in [0.717, 1.165) is 26.4 Å². The molecule has 0 aromatic heterocycles. The molecule has 0 bridgehead atoms. The van der Waals surface area contributed by atoms with Gasteiger partial charge in [-0.05, 0) is 0 Å². The van der Waals surface area contributed by atoms with Gasteiger partial charge in [0.05, 0.1) is 0 Å². The molecule has 1 rings (SSSR count). The van der Waals surface area contributed by atoms with Crippen LogP contribution in [0, 0.1) is 0 Å². The van der Waals surface area contributed by atoms with Crippen LogP contribution < -0.4 is 0 Å². The molecule has 0 aromatic rings. The van der Waals surface area contributed by atoms with Gasteiger partial charge < -0.3 is 26.4 Å². The van der Waals surface area contributed by atoms with Crippen LogP contribution in [0.1, 0.15) is 0 Å². The van der Waals surface area contributed by atoms with E-state index in [-0.39, 0.29) is 0 Å². The first kappa shape index (κ1) is 11.7. The molecule has 0 N–H and O–H groups in total. The molecule has 1 fully saturated rings. The lowest BCUT2D eigenvalue weighted by molar-refractivity contribution is -0.173. The van der Waals surface area contributed by atoms with Crippen molar-refractivity contribution in [2.75, 3.05) is 33.5 Å².